The summed E-state index contributed by atoms with van der Waals surface area (Å²) in [5, 5.41) is 0. The zero-order chi connectivity index (χ0) is 39.3. The molecule has 0 saturated heterocycles. The first-order chi connectivity index (χ1) is 26.6. The summed E-state index contributed by atoms with van der Waals surface area (Å²) in [5.41, 5.74) is 0. The smallest absolute Gasteiger partial charge is 0.310 e. The van der Waals surface area contributed by atoms with E-state index in [9.17, 15) is 9.59 Å². The lowest BCUT2D eigenvalue weighted by atomic mass is 10.1. The summed E-state index contributed by atoms with van der Waals surface area (Å²) in [6.07, 6.45) is 56.5. The van der Waals surface area contributed by atoms with Crippen LogP contribution in [0.4, 0.5) is 0 Å². The topological polar surface area (TPSA) is 61.8 Å². The first kappa shape index (κ1) is 51.3. The Kier molecular flexibility index (Phi) is 42.5. The van der Waals surface area contributed by atoms with Gasteiger partial charge in [-0.1, -0.05) is 190 Å². The third-order valence-electron chi connectivity index (χ3n) is 9.26. The fourth-order valence-corrected chi connectivity index (χ4v) is 5.93. The largest absolute Gasteiger partial charge is 0.462 e. The molecule has 0 bridgehead atoms. The predicted octanol–water partition coefficient (Wildman–Crippen LogP) is 14.8. The van der Waals surface area contributed by atoms with Gasteiger partial charge in [0.25, 0.3) is 0 Å². The lowest BCUT2D eigenvalue weighted by Gasteiger charge is -2.18. The van der Waals surface area contributed by atoms with E-state index < -0.39 is 6.10 Å². The van der Waals surface area contributed by atoms with Crippen LogP contribution in [0.3, 0.4) is 0 Å². The van der Waals surface area contributed by atoms with Gasteiger partial charge in [-0.15, -0.1) is 0 Å². The van der Waals surface area contributed by atoms with Crippen molar-refractivity contribution < 1.29 is 23.8 Å². The van der Waals surface area contributed by atoms with Crippen LogP contribution in [0, 0.1) is 0 Å². The summed E-state index contributed by atoms with van der Waals surface area (Å²) in [6, 6.07) is 0. The van der Waals surface area contributed by atoms with Gasteiger partial charge in [-0.25, -0.2) is 0 Å². The van der Waals surface area contributed by atoms with Crippen LogP contribution in [-0.4, -0.2) is 37.9 Å². The van der Waals surface area contributed by atoms with E-state index in [4.69, 9.17) is 14.2 Å². The van der Waals surface area contributed by atoms with E-state index in [0.717, 1.165) is 64.2 Å². The number of unbranched alkanes of at least 4 members (excludes halogenated alkanes) is 18. The van der Waals surface area contributed by atoms with E-state index in [1.165, 1.54) is 103 Å². The molecule has 5 heteroatoms. The molecular formula is C49H84O5. The Hall–Kier alpha value is -2.66. The van der Waals surface area contributed by atoms with Gasteiger partial charge in [-0.2, -0.15) is 0 Å². The Labute approximate surface area is 334 Å². The van der Waals surface area contributed by atoms with Crippen molar-refractivity contribution >= 4 is 11.9 Å². The third kappa shape index (κ3) is 42.1. The van der Waals surface area contributed by atoms with Gasteiger partial charge in [0.15, 0.2) is 6.10 Å². The van der Waals surface area contributed by atoms with Crippen LogP contribution < -0.4 is 0 Å². The van der Waals surface area contributed by atoms with Crippen molar-refractivity contribution in [1.82, 2.24) is 0 Å². The Morgan fingerprint density at radius 1 is 0.444 bits per heavy atom. The van der Waals surface area contributed by atoms with Gasteiger partial charge < -0.3 is 14.2 Å². The van der Waals surface area contributed by atoms with Crippen LogP contribution in [0.2, 0.25) is 0 Å². The lowest BCUT2D eigenvalue weighted by molar-refractivity contribution is -0.162. The second kappa shape index (κ2) is 44.7. The van der Waals surface area contributed by atoms with Gasteiger partial charge >= 0.3 is 11.9 Å². The summed E-state index contributed by atoms with van der Waals surface area (Å²) in [4.78, 5) is 25.1. The Bertz CT molecular complexity index is 988. The van der Waals surface area contributed by atoms with Crippen molar-refractivity contribution in [3.8, 4) is 0 Å². The summed E-state index contributed by atoms with van der Waals surface area (Å²) >= 11 is 0. The van der Waals surface area contributed by atoms with Gasteiger partial charge in [0.05, 0.1) is 13.0 Å². The number of hydrogen-bond acceptors (Lipinski definition) is 5. The SMILES string of the molecule is CC/C=C\C/C=C\C/C=C\C/C=C\C/C=C\CC(=O)OC(COCCCCCCCC)COC(=O)CCCCCCCCC/C=C\CCCCCCCC. The molecule has 310 valence electrons. The fourth-order valence-electron chi connectivity index (χ4n) is 5.93. The molecule has 0 saturated carbocycles. The van der Waals surface area contributed by atoms with Gasteiger partial charge in [0, 0.05) is 13.0 Å². The highest BCUT2D eigenvalue weighted by molar-refractivity contribution is 5.71. The second-order valence-corrected chi connectivity index (χ2v) is 14.6. The molecule has 0 N–H and O–H groups in total. The minimum Gasteiger partial charge on any atom is -0.462 e. The first-order valence-electron chi connectivity index (χ1n) is 22.5. The standard InChI is InChI=1S/C49H84O5/c1-4-7-10-13-16-18-20-22-24-25-27-28-30-32-34-36-39-42-48(50)53-46-47(45-52-44-41-38-15-12-9-6-3)54-49(51)43-40-37-35-33-31-29-26-23-21-19-17-14-11-8-5-2/h8,11,17,19,22-24,26,31,33,37,40,47H,4-7,9-10,12-16,18,20-21,25,27-30,32,34-36,38-39,41-46H2,1-3H3/b11-8-,19-17-,24-22-,26-23-,33-31-,40-37-. The summed E-state index contributed by atoms with van der Waals surface area (Å²) in [7, 11) is 0. The van der Waals surface area contributed by atoms with Gasteiger partial charge in [-0.3, -0.25) is 9.59 Å². The third-order valence-corrected chi connectivity index (χ3v) is 9.26. The zero-order valence-electron chi connectivity index (χ0n) is 35.5. The Morgan fingerprint density at radius 2 is 0.889 bits per heavy atom. The molecule has 0 radical (unpaired) electrons. The number of carbonyl (C=O) groups is 2. The van der Waals surface area contributed by atoms with Crippen LogP contribution in [0.15, 0.2) is 72.9 Å². The maximum absolute atomic E-state index is 12.6. The zero-order valence-corrected chi connectivity index (χ0v) is 35.5. The van der Waals surface area contributed by atoms with Crippen LogP contribution in [0.1, 0.15) is 201 Å². The molecule has 0 amide bonds. The van der Waals surface area contributed by atoms with Crippen molar-refractivity contribution in [2.75, 3.05) is 19.8 Å². The van der Waals surface area contributed by atoms with E-state index in [1.54, 1.807) is 0 Å². The molecule has 0 aromatic rings. The van der Waals surface area contributed by atoms with E-state index in [-0.39, 0.29) is 31.6 Å². The van der Waals surface area contributed by atoms with Crippen molar-refractivity contribution in [2.45, 2.75) is 207 Å². The highest BCUT2D eigenvalue weighted by atomic mass is 16.6. The number of allylic oxidation sites excluding steroid dienone is 11. The summed E-state index contributed by atoms with van der Waals surface area (Å²) in [5.74, 6) is -0.553. The highest BCUT2D eigenvalue weighted by Crippen LogP contribution is 2.12. The van der Waals surface area contributed by atoms with E-state index in [1.807, 2.05) is 12.2 Å². The maximum atomic E-state index is 12.6. The lowest BCUT2D eigenvalue weighted by Crippen LogP contribution is -2.29. The minimum absolute atomic E-state index is 0.0418. The molecule has 54 heavy (non-hydrogen) atoms. The van der Waals surface area contributed by atoms with Crippen molar-refractivity contribution in [3.63, 3.8) is 0 Å². The van der Waals surface area contributed by atoms with E-state index in [2.05, 4.69) is 81.5 Å². The van der Waals surface area contributed by atoms with Crippen LogP contribution >= 0.6 is 0 Å². The minimum atomic E-state index is -0.588. The molecule has 5 nitrogen and oxygen atoms in total. The van der Waals surface area contributed by atoms with Crippen molar-refractivity contribution in [3.05, 3.63) is 72.9 Å². The molecule has 0 aliphatic rings. The molecule has 0 aromatic carbocycles. The molecule has 0 heterocycles. The first-order valence-corrected chi connectivity index (χ1v) is 22.5. The van der Waals surface area contributed by atoms with Gasteiger partial charge in [-0.05, 0) is 70.6 Å². The number of carbonyl (C=O) groups excluding carboxylic acids is 2. The van der Waals surface area contributed by atoms with Crippen LogP contribution in [0.5, 0.6) is 0 Å². The van der Waals surface area contributed by atoms with Crippen molar-refractivity contribution in [1.29, 1.82) is 0 Å². The monoisotopic (exact) mass is 753 g/mol. The molecule has 1 atom stereocenters. The quantitative estimate of drug-likeness (QED) is 0.0354. The Morgan fingerprint density at radius 3 is 1.41 bits per heavy atom. The molecule has 0 aromatic heterocycles. The number of ether oxygens (including phenoxy) is 3. The van der Waals surface area contributed by atoms with Crippen molar-refractivity contribution in [2.24, 2.45) is 0 Å². The van der Waals surface area contributed by atoms with Crippen LogP contribution in [0.25, 0.3) is 0 Å². The predicted molar refractivity (Wildman–Crippen MR) is 233 cm³/mol. The van der Waals surface area contributed by atoms with Crippen LogP contribution in [-0.2, 0) is 23.8 Å². The molecule has 0 aliphatic heterocycles. The normalized spacial score (nSPS) is 12.9. The van der Waals surface area contributed by atoms with Gasteiger partial charge in [0.1, 0.15) is 6.61 Å². The highest BCUT2D eigenvalue weighted by Gasteiger charge is 2.17. The fraction of sp³-hybridized carbons (Fsp3) is 0.714. The molecule has 0 aliphatic carbocycles. The molecule has 1 unspecified atom stereocenters. The number of rotatable bonds is 40. The molecule has 0 rings (SSSR count). The Balaban J connectivity index is 4.25. The van der Waals surface area contributed by atoms with E-state index >= 15 is 0 Å². The average molecular weight is 753 g/mol. The maximum Gasteiger partial charge on any atom is 0.310 e. The molecular weight excluding hydrogens is 669 g/mol. The summed E-state index contributed by atoms with van der Waals surface area (Å²) in [6.45, 7) is 7.55. The van der Waals surface area contributed by atoms with E-state index in [0.29, 0.717) is 13.0 Å². The van der Waals surface area contributed by atoms with Gasteiger partial charge in [0.2, 0.25) is 0 Å². The second-order valence-electron chi connectivity index (χ2n) is 14.6. The summed E-state index contributed by atoms with van der Waals surface area (Å²) < 4.78 is 17.1. The number of hydrogen-bond donors (Lipinski definition) is 0. The molecule has 0 fully saturated rings. The molecule has 0 spiro atoms. The number of esters is 2. The average Bonchev–Trinajstić information content (AvgIpc) is 3.17.